The molecule has 1 aromatic carbocycles. The Bertz CT molecular complexity index is 873. The lowest BCUT2D eigenvalue weighted by molar-refractivity contribution is -0.139. The third-order valence-corrected chi connectivity index (χ3v) is 6.72. The Hall–Kier alpha value is -2.06. The lowest BCUT2D eigenvalue weighted by Crippen LogP contribution is -2.62. The number of carbonyl (C=O) groups excluding carboxylic acids is 2. The summed E-state index contributed by atoms with van der Waals surface area (Å²) in [5.41, 5.74) is 0.0790. The van der Waals surface area contributed by atoms with Gasteiger partial charge in [-0.2, -0.15) is 0 Å². The zero-order chi connectivity index (χ0) is 24.8. The molecule has 7 nitrogen and oxygen atoms in total. The average molecular weight is 458 g/mol. The molecule has 2 fully saturated rings. The van der Waals surface area contributed by atoms with E-state index in [9.17, 15) is 9.59 Å². The summed E-state index contributed by atoms with van der Waals surface area (Å²) < 4.78 is 17.7. The second-order valence-electron chi connectivity index (χ2n) is 11.8. The van der Waals surface area contributed by atoms with Crippen LogP contribution in [0.1, 0.15) is 67.9 Å². The van der Waals surface area contributed by atoms with Crippen molar-refractivity contribution in [2.75, 3.05) is 19.6 Å². The fourth-order valence-electron chi connectivity index (χ4n) is 4.14. The van der Waals surface area contributed by atoms with Crippen LogP contribution in [0.4, 0.5) is 4.79 Å². The van der Waals surface area contributed by atoms with Crippen LogP contribution in [0, 0.1) is 0 Å². The topological polar surface area (TPSA) is 68.3 Å². The van der Waals surface area contributed by atoms with Crippen LogP contribution in [0.25, 0.3) is 0 Å². The van der Waals surface area contributed by atoms with Crippen molar-refractivity contribution in [3.8, 4) is 0 Å². The van der Waals surface area contributed by atoms with Crippen LogP contribution >= 0.6 is 0 Å². The van der Waals surface area contributed by atoms with Crippen molar-refractivity contribution in [3.05, 3.63) is 29.8 Å². The minimum Gasteiger partial charge on any atom is -0.444 e. The highest BCUT2D eigenvalue weighted by atomic mass is 16.7. The van der Waals surface area contributed by atoms with Crippen LogP contribution in [0.15, 0.2) is 24.3 Å². The Labute approximate surface area is 198 Å². The van der Waals surface area contributed by atoms with Gasteiger partial charge in [0.05, 0.1) is 23.2 Å². The van der Waals surface area contributed by atoms with E-state index in [4.69, 9.17) is 14.0 Å². The second-order valence-corrected chi connectivity index (χ2v) is 11.8. The van der Waals surface area contributed by atoms with Crippen LogP contribution in [0.2, 0.25) is 0 Å². The molecule has 0 radical (unpaired) electrons. The predicted molar refractivity (Wildman–Crippen MR) is 129 cm³/mol. The SMILES string of the molecule is CC(C)(C)OC(=O)N1CCN(C(=O)Cc2ccc(B3OC(C)(C)C(C)(C)O3)cc2)C(C)(C)C1. The average Bonchev–Trinajstić information content (AvgIpc) is 2.87. The summed E-state index contributed by atoms with van der Waals surface area (Å²) in [6, 6.07) is 7.86. The van der Waals surface area contributed by atoms with E-state index in [0.29, 0.717) is 26.1 Å². The summed E-state index contributed by atoms with van der Waals surface area (Å²) in [5.74, 6) is 0.0484. The van der Waals surface area contributed by atoms with Crippen LogP contribution in [0.3, 0.4) is 0 Å². The minimum atomic E-state index is -0.541. The Kier molecular flexibility index (Phi) is 6.68. The molecule has 2 aliphatic rings. The number of hydrogen-bond donors (Lipinski definition) is 0. The standard InChI is InChI=1S/C25H39BN2O5/c1-22(2,3)31-21(30)27-14-15-28(23(4,5)17-27)20(29)16-18-10-12-19(13-11-18)26-32-24(6,7)25(8,9)33-26/h10-13H,14-17H2,1-9H3. The third kappa shape index (κ3) is 5.72. The highest BCUT2D eigenvalue weighted by molar-refractivity contribution is 6.62. The molecular formula is C25H39BN2O5. The third-order valence-electron chi connectivity index (χ3n) is 6.72. The van der Waals surface area contributed by atoms with E-state index in [1.165, 1.54) is 0 Å². The van der Waals surface area contributed by atoms with Crippen molar-refractivity contribution in [1.29, 1.82) is 0 Å². The van der Waals surface area contributed by atoms with Crippen LogP contribution in [-0.2, 0) is 25.3 Å². The smallest absolute Gasteiger partial charge is 0.444 e. The molecule has 2 aliphatic heterocycles. The Balaban J connectivity index is 1.61. The van der Waals surface area contributed by atoms with Gasteiger partial charge in [-0.3, -0.25) is 4.79 Å². The number of carbonyl (C=O) groups is 2. The van der Waals surface area contributed by atoms with Gasteiger partial charge in [0.2, 0.25) is 5.91 Å². The van der Waals surface area contributed by atoms with E-state index in [0.717, 1.165) is 11.0 Å². The minimum absolute atomic E-state index is 0.0484. The summed E-state index contributed by atoms with van der Waals surface area (Å²) in [6.45, 7) is 19.1. The van der Waals surface area contributed by atoms with E-state index in [1.54, 1.807) is 4.90 Å². The van der Waals surface area contributed by atoms with E-state index in [-0.39, 0.29) is 23.2 Å². The van der Waals surface area contributed by atoms with Crippen LogP contribution in [-0.4, -0.2) is 70.9 Å². The number of nitrogens with zero attached hydrogens (tertiary/aromatic N) is 2. The molecule has 2 saturated heterocycles. The van der Waals surface area contributed by atoms with E-state index in [2.05, 4.69) is 0 Å². The largest absolute Gasteiger partial charge is 0.494 e. The first-order valence-corrected chi connectivity index (χ1v) is 11.7. The van der Waals surface area contributed by atoms with Crippen molar-refractivity contribution in [3.63, 3.8) is 0 Å². The van der Waals surface area contributed by atoms with Gasteiger partial charge in [0, 0.05) is 19.6 Å². The molecule has 0 unspecified atom stereocenters. The number of hydrogen-bond acceptors (Lipinski definition) is 5. The monoisotopic (exact) mass is 458 g/mol. The van der Waals surface area contributed by atoms with Crippen molar-refractivity contribution >= 4 is 24.6 Å². The summed E-state index contributed by atoms with van der Waals surface area (Å²) in [5, 5.41) is 0. The molecule has 0 spiro atoms. The molecule has 2 heterocycles. The molecule has 0 atom stereocenters. The van der Waals surface area contributed by atoms with Crippen molar-refractivity contribution < 1.29 is 23.6 Å². The first kappa shape index (κ1) is 25.6. The number of benzene rings is 1. The van der Waals surface area contributed by atoms with Gasteiger partial charge >= 0.3 is 13.2 Å². The van der Waals surface area contributed by atoms with E-state index >= 15 is 0 Å². The zero-order valence-electron chi connectivity index (χ0n) is 21.7. The molecular weight excluding hydrogens is 419 g/mol. The quantitative estimate of drug-likeness (QED) is 0.650. The van der Waals surface area contributed by atoms with Crippen molar-refractivity contribution in [2.45, 2.75) is 91.1 Å². The maximum Gasteiger partial charge on any atom is 0.494 e. The van der Waals surface area contributed by atoms with Crippen molar-refractivity contribution in [2.24, 2.45) is 0 Å². The van der Waals surface area contributed by atoms with Gasteiger partial charge in [0.1, 0.15) is 5.60 Å². The molecule has 0 N–H and O–H groups in total. The molecule has 0 saturated carbocycles. The predicted octanol–water partition coefficient (Wildman–Crippen LogP) is 3.39. The lowest BCUT2D eigenvalue weighted by Gasteiger charge is -2.47. The second kappa shape index (κ2) is 8.62. The van der Waals surface area contributed by atoms with Gasteiger partial charge in [-0.15, -0.1) is 0 Å². The molecule has 182 valence electrons. The van der Waals surface area contributed by atoms with Gasteiger partial charge in [-0.25, -0.2) is 4.79 Å². The number of amides is 2. The van der Waals surface area contributed by atoms with Gasteiger partial charge < -0.3 is 23.8 Å². The fourth-order valence-corrected chi connectivity index (χ4v) is 4.14. The van der Waals surface area contributed by atoms with Crippen LogP contribution < -0.4 is 5.46 Å². The molecule has 0 aromatic heterocycles. The Morgan fingerprint density at radius 1 is 0.970 bits per heavy atom. The number of piperazine rings is 1. The maximum absolute atomic E-state index is 13.1. The first-order valence-electron chi connectivity index (χ1n) is 11.7. The van der Waals surface area contributed by atoms with Gasteiger partial charge in [0.25, 0.3) is 0 Å². The molecule has 3 rings (SSSR count). The maximum atomic E-state index is 13.1. The summed E-state index contributed by atoms with van der Waals surface area (Å²) in [4.78, 5) is 29.2. The summed E-state index contributed by atoms with van der Waals surface area (Å²) >= 11 is 0. The number of rotatable bonds is 3. The highest BCUT2D eigenvalue weighted by Crippen LogP contribution is 2.36. The molecule has 33 heavy (non-hydrogen) atoms. The lowest BCUT2D eigenvalue weighted by atomic mass is 9.78. The normalized spacial score (nSPS) is 21.8. The van der Waals surface area contributed by atoms with Gasteiger partial charge in [-0.05, 0) is 73.3 Å². The molecule has 8 heteroatoms. The Morgan fingerprint density at radius 2 is 1.52 bits per heavy atom. The van der Waals surface area contributed by atoms with E-state index < -0.39 is 18.3 Å². The number of ether oxygens (including phenoxy) is 1. The molecule has 1 aromatic rings. The van der Waals surface area contributed by atoms with Crippen molar-refractivity contribution in [1.82, 2.24) is 9.80 Å². The van der Waals surface area contributed by atoms with E-state index in [1.807, 2.05) is 91.5 Å². The first-order chi connectivity index (χ1) is 15.0. The van der Waals surface area contributed by atoms with Gasteiger partial charge in [0.15, 0.2) is 0 Å². The Morgan fingerprint density at radius 3 is 2.00 bits per heavy atom. The van der Waals surface area contributed by atoms with Crippen LogP contribution in [0.5, 0.6) is 0 Å². The molecule has 0 bridgehead atoms. The summed E-state index contributed by atoms with van der Waals surface area (Å²) in [6.07, 6.45) is -0.0274. The van der Waals surface area contributed by atoms with Gasteiger partial charge in [-0.1, -0.05) is 24.3 Å². The highest BCUT2D eigenvalue weighted by Gasteiger charge is 2.51. The fraction of sp³-hybridized carbons (Fsp3) is 0.680. The molecule has 0 aliphatic carbocycles. The summed E-state index contributed by atoms with van der Waals surface area (Å²) in [7, 11) is -0.417. The zero-order valence-corrected chi connectivity index (χ0v) is 21.7. The molecule has 2 amide bonds.